The molecule has 2 aliphatic rings. The summed E-state index contributed by atoms with van der Waals surface area (Å²) < 4.78 is 2.37. The average molecular weight is 423 g/mol. The number of aromatic nitrogens is 2. The molecule has 0 radical (unpaired) electrons. The van der Waals surface area contributed by atoms with E-state index in [0.29, 0.717) is 0 Å². The van der Waals surface area contributed by atoms with Gasteiger partial charge in [-0.15, -0.1) is 0 Å². The molecular formula is C31H22N2. The lowest BCUT2D eigenvalue weighted by atomic mass is 9.92. The van der Waals surface area contributed by atoms with Gasteiger partial charge in [0.1, 0.15) is 5.65 Å². The van der Waals surface area contributed by atoms with Gasteiger partial charge in [0, 0.05) is 16.5 Å². The van der Waals surface area contributed by atoms with E-state index >= 15 is 0 Å². The second-order valence-electron chi connectivity index (χ2n) is 9.66. The van der Waals surface area contributed by atoms with Crippen molar-refractivity contribution in [3.63, 3.8) is 0 Å². The topological polar surface area (TPSA) is 17.3 Å². The van der Waals surface area contributed by atoms with Crippen molar-refractivity contribution in [2.75, 3.05) is 0 Å². The van der Waals surface area contributed by atoms with E-state index in [1.54, 1.807) is 0 Å². The minimum absolute atomic E-state index is 0.997. The van der Waals surface area contributed by atoms with Crippen LogP contribution in [0.2, 0.25) is 0 Å². The van der Waals surface area contributed by atoms with Crippen molar-refractivity contribution in [3.05, 3.63) is 106 Å². The van der Waals surface area contributed by atoms with Gasteiger partial charge in [-0.05, 0) is 88.7 Å². The molecule has 0 atom stereocenters. The maximum atomic E-state index is 4.96. The summed E-state index contributed by atoms with van der Waals surface area (Å²) in [5.41, 5.74) is 16.2. The third-order valence-electron chi connectivity index (χ3n) is 7.96. The molecule has 8 rings (SSSR count). The van der Waals surface area contributed by atoms with Crippen molar-refractivity contribution in [1.29, 1.82) is 0 Å². The summed E-state index contributed by atoms with van der Waals surface area (Å²) in [6.45, 7) is 4.31. The fourth-order valence-electron chi connectivity index (χ4n) is 6.34. The summed E-state index contributed by atoms with van der Waals surface area (Å²) in [7, 11) is 0. The van der Waals surface area contributed by atoms with Gasteiger partial charge >= 0.3 is 0 Å². The van der Waals surface area contributed by atoms with Gasteiger partial charge in [-0.1, -0.05) is 60.7 Å². The molecule has 4 aromatic carbocycles. The Morgan fingerprint density at radius 3 is 2.18 bits per heavy atom. The molecule has 0 spiro atoms. The molecule has 0 N–H and O–H groups in total. The van der Waals surface area contributed by atoms with Crippen LogP contribution >= 0.6 is 0 Å². The fraction of sp³-hybridized carbons (Fsp3) is 0.129. The summed E-state index contributed by atoms with van der Waals surface area (Å²) in [6, 6.07) is 27.3. The molecule has 2 heterocycles. The van der Waals surface area contributed by atoms with E-state index in [4.69, 9.17) is 4.98 Å². The van der Waals surface area contributed by atoms with Crippen LogP contribution in [-0.2, 0) is 12.8 Å². The summed E-state index contributed by atoms with van der Waals surface area (Å²) in [5, 5.41) is 3.83. The number of imidazole rings is 1. The third kappa shape index (κ3) is 2.11. The van der Waals surface area contributed by atoms with Gasteiger partial charge < -0.3 is 0 Å². The highest BCUT2D eigenvalue weighted by molar-refractivity contribution is 6.14. The Hall–Kier alpha value is -3.91. The summed E-state index contributed by atoms with van der Waals surface area (Å²) in [5.74, 6) is 0. The minimum Gasteiger partial charge on any atom is -0.296 e. The lowest BCUT2D eigenvalue weighted by Crippen LogP contribution is -1.95. The maximum absolute atomic E-state index is 4.96. The van der Waals surface area contributed by atoms with Crippen LogP contribution in [0.4, 0.5) is 0 Å². The monoisotopic (exact) mass is 422 g/mol. The van der Waals surface area contributed by atoms with Crippen molar-refractivity contribution in [3.8, 4) is 22.3 Å². The SMILES string of the molecule is Cc1nc2c3ccccc3c3cc4c(cc3n2c1C)Cc1ccc2c(c1-4)-c1ccccc1C2. The van der Waals surface area contributed by atoms with Crippen LogP contribution < -0.4 is 0 Å². The minimum atomic E-state index is 0.997. The Morgan fingerprint density at radius 1 is 0.636 bits per heavy atom. The number of fused-ring (bicyclic) bond motifs is 13. The van der Waals surface area contributed by atoms with E-state index in [9.17, 15) is 0 Å². The lowest BCUT2D eigenvalue weighted by Gasteiger charge is -2.14. The number of benzene rings is 4. The van der Waals surface area contributed by atoms with Crippen molar-refractivity contribution >= 4 is 27.3 Å². The number of pyridine rings is 1. The molecule has 33 heavy (non-hydrogen) atoms. The van der Waals surface area contributed by atoms with Gasteiger partial charge in [0.05, 0.1) is 11.2 Å². The first-order chi connectivity index (χ1) is 16.2. The van der Waals surface area contributed by atoms with Crippen LogP contribution in [0.25, 0.3) is 49.6 Å². The number of hydrogen-bond donors (Lipinski definition) is 0. The molecule has 0 aliphatic heterocycles. The molecule has 6 aromatic rings. The predicted molar refractivity (Wildman–Crippen MR) is 136 cm³/mol. The standard InChI is InChI=1S/C31H22N2/c1-17-18(2)33-28-15-22-14-21-12-11-20-13-19-7-3-4-8-23(19)29(20)30(21)26(22)16-27(28)24-9-5-6-10-25(24)31(33)32-17/h3-12,15-16H,13-14H2,1-2H3. The fourth-order valence-corrected chi connectivity index (χ4v) is 6.34. The van der Waals surface area contributed by atoms with E-state index in [1.165, 1.54) is 71.9 Å². The molecule has 2 heteroatoms. The number of aryl methyl sites for hydroxylation is 2. The molecule has 0 bridgehead atoms. The van der Waals surface area contributed by atoms with Gasteiger partial charge in [-0.3, -0.25) is 4.40 Å². The predicted octanol–water partition coefficient (Wildman–Crippen LogP) is 7.40. The Bertz CT molecular complexity index is 1830. The van der Waals surface area contributed by atoms with Crippen molar-refractivity contribution in [2.24, 2.45) is 0 Å². The average Bonchev–Trinajstić information content (AvgIpc) is 3.49. The molecule has 0 fully saturated rings. The third-order valence-corrected chi connectivity index (χ3v) is 7.96. The van der Waals surface area contributed by atoms with Gasteiger partial charge in [0.25, 0.3) is 0 Å². The van der Waals surface area contributed by atoms with Crippen LogP contribution in [-0.4, -0.2) is 9.38 Å². The Kier molecular flexibility index (Phi) is 3.15. The molecular weight excluding hydrogens is 400 g/mol. The first-order valence-corrected chi connectivity index (χ1v) is 11.8. The molecule has 0 saturated carbocycles. The Morgan fingerprint density at radius 2 is 1.33 bits per heavy atom. The quantitative estimate of drug-likeness (QED) is 0.233. The summed E-state index contributed by atoms with van der Waals surface area (Å²) in [6.07, 6.45) is 2.04. The number of nitrogens with zero attached hydrogens (tertiary/aromatic N) is 2. The van der Waals surface area contributed by atoms with E-state index in [1.807, 2.05) is 0 Å². The zero-order valence-electron chi connectivity index (χ0n) is 18.7. The molecule has 0 amide bonds. The molecule has 156 valence electrons. The van der Waals surface area contributed by atoms with E-state index in [2.05, 4.69) is 91.0 Å². The van der Waals surface area contributed by atoms with Crippen LogP contribution in [0.3, 0.4) is 0 Å². The second-order valence-corrected chi connectivity index (χ2v) is 9.66. The van der Waals surface area contributed by atoms with E-state index in [0.717, 1.165) is 24.2 Å². The Labute approximate surface area is 192 Å². The number of rotatable bonds is 0. The highest BCUT2D eigenvalue weighted by Crippen LogP contribution is 2.50. The van der Waals surface area contributed by atoms with Crippen LogP contribution in [0, 0.1) is 13.8 Å². The first kappa shape index (κ1) is 17.6. The summed E-state index contributed by atoms with van der Waals surface area (Å²) in [4.78, 5) is 4.96. The van der Waals surface area contributed by atoms with Crippen LogP contribution in [0.1, 0.15) is 33.6 Å². The Balaban J connectivity index is 1.53. The van der Waals surface area contributed by atoms with Gasteiger partial charge in [0.15, 0.2) is 0 Å². The molecule has 2 nitrogen and oxygen atoms in total. The highest BCUT2D eigenvalue weighted by atomic mass is 15.0. The maximum Gasteiger partial charge on any atom is 0.145 e. The molecule has 0 saturated heterocycles. The van der Waals surface area contributed by atoms with E-state index < -0.39 is 0 Å². The van der Waals surface area contributed by atoms with Gasteiger partial charge in [-0.25, -0.2) is 4.98 Å². The normalized spacial score (nSPS) is 13.5. The van der Waals surface area contributed by atoms with Gasteiger partial charge in [-0.2, -0.15) is 0 Å². The second kappa shape index (κ2) is 5.90. The largest absolute Gasteiger partial charge is 0.296 e. The zero-order chi connectivity index (χ0) is 21.8. The molecule has 0 unspecified atom stereocenters. The molecule has 2 aromatic heterocycles. The highest BCUT2D eigenvalue weighted by Gasteiger charge is 2.29. The van der Waals surface area contributed by atoms with Crippen LogP contribution in [0.15, 0.2) is 72.8 Å². The smallest absolute Gasteiger partial charge is 0.145 e. The van der Waals surface area contributed by atoms with Crippen molar-refractivity contribution in [1.82, 2.24) is 9.38 Å². The lowest BCUT2D eigenvalue weighted by molar-refractivity contribution is 1.14. The van der Waals surface area contributed by atoms with E-state index in [-0.39, 0.29) is 0 Å². The number of hydrogen-bond acceptors (Lipinski definition) is 1. The van der Waals surface area contributed by atoms with Crippen molar-refractivity contribution < 1.29 is 0 Å². The van der Waals surface area contributed by atoms with Crippen LogP contribution in [0.5, 0.6) is 0 Å². The molecule has 2 aliphatic carbocycles. The summed E-state index contributed by atoms with van der Waals surface area (Å²) >= 11 is 0. The first-order valence-electron chi connectivity index (χ1n) is 11.8. The van der Waals surface area contributed by atoms with Crippen molar-refractivity contribution in [2.45, 2.75) is 26.7 Å². The van der Waals surface area contributed by atoms with Gasteiger partial charge in [0.2, 0.25) is 0 Å². The zero-order valence-corrected chi connectivity index (χ0v) is 18.7.